The molecule has 6 rings (SSSR count). The van der Waals surface area contributed by atoms with Gasteiger partial charge in [0.1, 0.15) is 11.4 Å². The van der Waals surface area contributed by atoms with Gasteiger partial charge in [0, 0.05) is 17.3 Å². The molecule has 0 aliphatic carbocycles. The van der Waals surface area contributed by atoms with Crippen LogP contribution in [0.2, 0.25) is 0 Å². The van der Waals surface area contributed by atoms with Gasteiger partial charge in [-0.2, -0.15) is 5.10 Å². The van der Waals surface area contributed by atoms with E-state index in [0.29, 0.717) is 38.5 Å². The summed E-state index contributed by atoms with van der Waals surface area (Å²) in [6.07, 6.45) is 3.33. The van der Waals surface area contributed by atoms with Gasteiger partial charge >= 0.3 is 11.9 Å². The molecule has 0 amide bonds. The molecule has 0 saturated carbocycles. The van der Waals surface area contributed by atoms with E-state index < -0.39 is 18.0 Å². The molecule has 0 saturated heterocycles. The zero-order chi connectivity index (χ0) is 34.8. The third-order valence-corrected chi connectivity index (χ3v) is 9.01. The fraction of sp³-hybridized carbons (Fsp3) is 0.237. The maximum absolute atomic E-state index is 14.4. The number of carbonyl (C=O) groups excluding carboxylic acids is 2. The molecule has 0 fully saturated rings. The number of methoxy groups -OCH3 is 1. The summed E-state index contributed by atoms with van der Waals surface area (Å²) in [5, 5.41) is 4.95. The molecular formula is C38H36N4O6S. The van der Waals surface area contributed by atoms with E-state index in [1.54, 1.807) is 49.7 Å². The number of ether oxygens (including phenoxy) is 3. The number of benzene rings is 3. The number of allylic oxidation sites excluding steroid dienone is 1. The number of carbonyl (C=O) groups is 2. The molecule has 1 aliphatic heterocycles. The van der Waals surface area contributed by atoms with Gasteiger partial charge in [-0.3, -0.25) is 9.36 Å². The number of thiazole rings is 1. The van der Waals surface area contributed by atoms with Crippen LogP contribution < -0.4 is 19.6 Å². The Kier molecular flexibility index (Phi) is 9.46. The molecule has 1 aliphatic rings. The highest BCUT2D eigenvalue weighted by Gasteiger charge is 2.34. The highest BCUT2D eigenvalue weighted by Crippen LogP contribution is 2.32. The zero-order valence-electron chi connectivity index (χ0n) is 28.1. The van der Waals surface area contributed by atoms with E-state index in [9.17, 15) is 14.4 Å². The molecule has 1 unspecified atom stereocenters. The van der Waals surface area contributed by atoms with Crippen LogP contribution in [-0.4, -0.2) is 46.1 Å². The average molecular weight is 677 g/mol. The Morgan fingerprint density at radius 2 is 1.73 bits per heavy atom. The normalized spacial score (nSPS) is 14.4. The standard InChI is InChI=1S/C38H36N4O6S/c1-7-47-30-18-17-27(19-23(30)4)33-28(21-41(40-33)29-11-9-8-10-12-29)20-31-35(43)42-34(25-13-15-26(16-14-25)36(44)46-6)32(37(45)48-22(2)3)24(5)39-38(42)49-31/h8-22,34H,7H2,1-6H3. The molecule has 0 bridgehead atoms. The lowest BCUT2D eigenvalue weighted by atomic mass is 9.95. The lowest BCUT2D eigenvalue weighted by Gasteiger charge is -2.25. The summed E-state index contributed by atoms with van der Waals surface area (Å²) in [6.45, 7) is 9.76. The number of esters is 2. The Hall–Kier alpha value is -5.55. The number of aromatic nitrogens is 3. The molecule has 0 radical (unpaired) electrons. The highest BCUT2D eigenvalue weighted by molar-refractivity contribution is 7.07. The van der Waals surface area contributed by atoms with E-state index >= 15 is 0 Å². The van der Waals surface area contributed by atoms with Gasteiger partial charge in [0.15, 0.2) is 4.80 Å². The summed E-state index contributed by atoms with van der Waals surface area (Å²) in [7, 11) is 1.31. The number of fused-ring (bicyclic) bond motifs is 1. The number of hydrogen-bond acceptors (Lipinski definition) is 9. The number of hydrogen-bond donors (Lipinski definition) is 0. The monoisotopic (exact) mass is 676 g/mol. The number of nitrogens with zero attached hydrogens (tertiary/aromatic N) is 4. The zero-order valence-corrected chi connectivity index (χ0v) is 28.9. The number of para-hydroxylation sites is 1. The van der Waals surface area contributed by atoms with E-state index in [1.165, 1.54) is 23.0 Å². The summed E-state index contributed by atoms with van der Waals surface area (Å²) < 4.78 is 20.0. The molecule has 3 heterocycles. The van der Waals surface area contributed by atoms with Gasteiger partial charge in [-0.05, 0) is 94.3 Å². The average Bonchev–Trinajstić information content (AvgIpc) is 3.65. The van der Waals surface area contributed by atoms with Crippen LogP contribution in [0.3, 0.4) is 0 Å². The van der Waals surface area contributed by atoms with Gasteiger partial charge in [0.25, 0.3) is 5.56 Å². The molecule has 1 atom stereocenters. The Morgan fingerprint density at radius 3 is 2.39 bits per heavy atom. The van der Waals surface area contributed by atoms with Gasteiger partial charge in [-0.1, -0.05) is 41.7 Å². The van der Waals surface area contributed by atoms with Crippen LogP contribution in [0.4, 0.5) is 0 Å². The fourth-order valence-electron chi connectivity index (χ4n) is 5.78. The third kappa shape index (κ3) is 6.62. The molecule has 0 N–H and O–H groups in total. The first-order chi connectivity index (χ1) is 23.6. The quantitative estimate of drug-likeness (QED) is 0.189. The minimum absolute atomic E-state index is 0.251. The first kappa shape index (κ1) is 33.4. The molecule has 250 valence electrons. The van der Waals surface area contributed by atoms with Crippen molar-refractivity contribution in [3.63, 3.8) is 0 Å². The summed E-state index contributed by atoms with van der Waals surface area (Å²) in [5.74, 6) is -0.258. The molecule has 11 heteroatoms. The van der Waals surface area contributed by atoms with Crippen LogP contribution in [0.25, 0.3) is 23.0 Å². The van der Waals surface area contributed by atoms with E-state index in [4.69, 9.17) is 24.3 Å². The van der Waals surface area contributed by atoms with Gasteiger partial charge in [0.05, 0.1) is 52.9 Å². The first-order valence-electron chi connectivity index (χ1n) is 15.9. The van der Waals surface area contributed by atoms with Gasteiger partial charge in [-0.15, -0.1) is 0 Å². The molecule has 3 aromatic carbocycles. The van der Waals surface area contributed by atoms with Crippen molar-refractivity contribution < 1.29 is 23.8 Å². The van der Waals surface area contributed by atoms with Gasteiger partial charge in [-0.25, -0.2) is 19.3 Å². The second kappa shape index (κ2) is 13.9. The number of aryl methyl sites for hydroxylation is 1. The maximum atomic E-state index is 14.4. The van der Waals surface area contributed by atoms with Crippen molar-refractivity contribution >= 4 is 29.4 Å². The van der Waals surface area contributed by atoms with Crippen molar-refractivity contribution in [2.24, 2.45) is 4.99 Å². The smallest absolute Gasteiger partial charge is 0.338 e. The highest BCUT2D eigenvalue weighted by atomic mass is 32.1. The molecule has 49 heavy (non-hydrogen) atoms. The Bertz CT molecular complexity index is 2260. The van der Waals surface area contributed by atoms with Crippen LogP contribution in [0.15, 0.2) is 100 Å². The summed E-state index contributed by atoms with van der Waals surface area (Å²) >= 11 is 1.23. The Labute approximate surface area is 287 Å². The van der Waals surface area contributed by atoms with Gasteiger partial charge in [0.2, 0.25) is 0 Å². The summed E-state index contributed by atoms with van der Waals surface area (Å²) in [4.78, 5) is 45.3. The topological polar surface area (TPSA) is 114 Å². The minimum Gasteiger partial charge on any atom is -0.494 e. The van der Waals surface area contributed by atoms with Crippen LogP contribution in [0.5, 0.6) is 5.75 Å². The molecule has 5 aromatic rings. The third-order valence-electron chi connectivity index (χ3n) is 8.03. The Balaban J connectivity index is 1.54. The van der Waals surface area contributed by atoms with Crippen LogP contribution in [-0.2, 0) is 14.3 Å². The van der Waals surface area contributed by atoms with Crippen LogP contribution in [0.1, 0.15) is 60.8 Å². The van der Waals surface area contributed by atoms with E-state index in [1.807, 2.05) is 74.7 Å². The molecular weight excluding hydrogens is 641 g/mol. The van der Waals surface area contributed by atoms with Crippen LogP contribution in [0, 0.1) is 6.92 Å². The summed E-state index contributed by atoms with van der Waals surface area (Å²) in [6, 6.07) is 21.5. The molecule has 2 aromatic heterocycles. The second-order valence-electron chi connectivity index (χ2n) is 11.8. The Morgan fingerprint density at radius 1 is 1.00 bits per heavy atom. The molecule has 0 spiro atoms. The van der Waals surface area contributed by atoms with Gasteiger partial charge < -0.3 is 14.2 Å². The lowest BCUT2D eigenvalue weighted by Crippen LogP contribution is -2.40. The van der Waals surface area contributed by atoms with Crippen molar-refractivity contribution in [2.45, 2.75) is 46.8 Å². The van der Waals surface area contributed by atoms with Crippen molar-refractivity contribution in [1.82, 2.24) is 14.3 Å². The van der Waals surface area contributed by atoms with E-state index in [2.05, 4.69) is 0 Å². The second-order valence-corrected chi connectivity index (χ2v) is 12.8. The van der Waals surface area contributed by atoms with Crippen molar-refractivity contribution in [3.8, 4) is 22.7 Å². The first-order valence-corrected chi connectivity index (χ1v) is 16.7. The fourth-order valence-corrected chi connectivity index (χ4v) is 6.82. The predicted molar refractivity (Wildman–Crippen MR) is 188 cm³/mol. The van der Waals surface area contributed by atoms with Crippen molar-refractivity contribution in [3.05, 3.63) is 132 Å². The maximum Gasteiger partial charge on any atom is 0.338 e. The molecule has 10 nitrogen and oxygen atoms in total. The van der Waals surface area contributed by atoms with E-state index in [-0.39, 0.29) is 17.2 Å². The van der Waals surface area contributed by atoms with Crippen LogP contribution >= 0.6 is 11.3 Å². The summed E-state index contributed by atoms with van der Waals surface area (Å²) in [5.41, 5.74) is 5.46. The van der Waals surface area contributed by atoms with Crippen molar-refractivity contribution in [2.75, 3.05) is 13.7 Å². The largest absolute Gasteiger partial charge is 0.494 e. The lowest BCUT2D eigenvalue weighted by molar-refractivity contribution is -0.143. The SMILES string of the molecule is CCOc1ccc(-c2nn(-c3ccccc3)cc2C=c2sc3n(c2=O)C(c2ccc(C(=O)OC)cc2)C(C(=O)OC(C)C)=C(C)N=3)cc1C. The number of rotatable bonds is 9. The van der Waals surface area contributed by atoms with Crippen molar-refractivity contribution in [1.29, 1.82) is 0 Å². The van der Waals surface area contributed by atoms with E-state index in [0.717, 1.165) is 28.1 Å². The predicted octanol–water partition coefficient (Wildman–Crippen LogP) is 5.53. The minimum atomic E-state index is -0.836.